The van der Waals surface area contributed by atoms with Crippen molar-refractivity contribution < 1.29 is 4.79 Å². The number of hydrogen-bond donors (Lipinski definition) is 2. The van der Waals surface area contributed by atoms with Gasteiger partial charge in [0.25, 0.3) is 0 Å². The third-order valence-electron chi connectivity index (χ3n) is 4.38. The van der Waals surface area contributed by atoms with Crippen molar-refractivity contribution >= 4 is 34.5 Å². The van der Waals surface area contributed by atoms with Crippen LogP contribution < -0.4 is 10.6 Å². The van der Waals surface area contributed by atoms with E-state index in [4.69, 9.17) is 0 Å². The first-order valence-electron chi connectivity index (χ1n) is 10.0. The molecule has 0 radical (unpaired) electrons. The van der Waals surface area contributed by atoms with E-state index in [1.165, 1.54) is 0 Å². The number of carbonyl (C=O) groups is 1. The minimum absolute atomic E-state index is 0.00853. The highest BCUT2D eigenvalue weighted by Gasteiger charge is 2.13. The number of thioether (sulfide) groups is 1. The lowest BCUT2D eigenvalue weighted by atomic mass is 10.1. The van der Waals surface area contributed by atoms with Gasteiger partial charge in [-0.2, -0.15) is 5.10 Å². The van der Waals surface area contributed by atoms with Crippen LogP contribution in [0.5, 0.6) is 0 Å². The summed E-state index contributed by atoms with van der Waals surface area (Å²) in [5.41, 5.74) is 2.97. The summed E-state index contributed by atoms with van der Waals surface area (Å²) < 4.78 is 1.83. The van der Waals surface area contributed by atoms with Crippen molar-refractivity contribution in [1.82, 2.24) is 25.1 Å². The van der Waals surface area contributed by atoms with Gasteiger partial charge in [-0.15, -0.1) is 0 Å². The normalized spacial score (nSPS) is 11.0. The molecule has 0 spiro atoms. The van der Waals surface area contributed by atoms with Gasteiger partial charge in [-0.05, 0) is 24.7 Å². The van der Waals surface area contributed by atoms with Crippen molar-refractivity contribution in [3.63, 3.8) is 0 Å². The summed E-state index contributed by atoms with van der Waals surface area (Å²) in [5.74, 6) is 1.73. The molecule has 0 bridgehead atoms. The number of fused-ring (bicyclic) bond motifs is 1. The molecule has 8 heteroatoms. The second kappa shape index (κ2) is 10.2. The zero-order chi connectivity index (χ0) is 20.6. The van der Waals surface area contributed by atoms with Gasteiger partial charge in [0, 0.05) is 13.1 Å². The molecule has 29 heavy (non-hydrogen) atoms. The van der Waals surface area contributed by atoms with Crippen molar-refractivity contribution in [2.45, 2.75) is 45.3 Å². The van der Waals surface area contributed by atoms with E-state index in [2.05, 4.69) is 39.5 Å². The number of hydrogen-bond acceptors (Lipinski definition) is 6. The lowest BCUT2D eigenvalue weighted by molar-refractivity contribution is -0.120. The van der Waals surface area contributed by atoms with Crippen LogP contribution in [0.2, 0.25) is 0 Å². The Bertz CT molecular complexity index is 971. The van der Waals surface area contributed by atoms with E-state index in [1.54, 1.807) is 18.0 Å². The molecule has 3 aromatic rings. The van der Waals surface area contributed by atoms with E-state index < -0.39 is 0 Å². The SMILES string of the molecule is CCCNc1nc(SCC)nc2c1cnn2CCNC(=O)Cc1cccc(C)c1. The molecule has 2 aromatic heterocycles. The predicted octanol–water partition coefficient (Wildman–Crippen LogP) is 3.43. The lowest BCUT2D eigenvalue weighted by Crippen LogP contribution is -2.28. The zero-order valence-electron chi connectivity index (χ0n) is 17.2. The van der Waals surface area contributed by atoms with Crippen molar-refractivity contribution in [3.05, 3.63) is 41.6 Å². The first-order chi connectivity index (χ1) is 14.1. The minimum atomic E-state index is 0.00853. The Hall–Kier alpha value is -2.61. The lowest BCUT2D eigenvalue weighted by Gasteiger charge is -2.09. The van der Waals surface area contributed by atoms with Crippen LogP contribution in [0.1, 0.15) is 31.4 Å². The topological polar surface area (TPSA) is 84.7 Å². The maximum atomic E-state index is 12.2. The number of anilines is 1. The predicted molar refractivity (Wildman–Crippen MR) is 118 cm³/mol. The van der Waals surface area contributed by atoms with Crippen LogP contribution in [0.15, 0.2) is 35.6 Å². The highest BCUT2D eigenvalue weighted by Crippen LogP contribution is 2.24. The number of aryl methyl sites for hydroxylation is 1. The summed E-state index contributed by atoms with van der Waals surface area (Å²) in [6.07, 6.45) is 3.19. The average molecular weight is 413 g/mol. The number of benzene rings is 1. The largest absolute Gasteiger partial charge is 0.369 e. The first kappa shape index (κ1) is 21.1. The fraction of sp³-hybridized carbons (Fsp3) is 0.429. The molecule has 3 rings (SSSR count). The summed E-state index contributed by atoms with van der Waals surface area (Å²) in [4.78, 5) is 21.5. The molecule has 1 amide bonds. The van der Waals surface area contributed by atoms with Crippen molar-refractivity contribution in [1.29, 1.82) is 0 Å². The maximum Gasteiger partial charge on any atom is 0.224 e. The summed E-state index contributed by atoms with van der Waals surface area (Å²) in [5, 5.41) is 12.5. The Morgan fingerprint density at radius 1 is 1.21 bits per heavy atom. The third-order valence-corrected chi connectivity index (χ3v) is 5.11. The second-order valence-electron chi connectivity index (χ2n) is 6.84. The van der Waals surface area contributed by atoms with Gasteiger partial charge in [-0.25, -0.2) is 14.6 Å². The Morgan fingerprint density at radius 2 is 2.07 bits per heavy atom. The molecule has 0 saturated carbocycles. The Labute approximate surface area is 175 Å². The third kappa shape index (κ3) is 5.69. The van der Waals surface area contributed by atoms with E-state index in [-0.39, 0.29) is 5.91 Å². The van der Waals surface area contributed by atoms with Gasteiger partial charge < -0.3 is 10.6 Å². The van der Waals surface area contributed by atoms with Crippen LogP contribution in [0, 0.1) is 6.92 Å². The van der Waals surface area contributed by atoms with Crippen LogP contribution >= 0.6 is 11.8 Å². The summed E-state index contributed by atoms with van der Waals surface area (Å²) in [6, 6.07) is 8.02. The molecule has 154 valence electrons. The number of rotatable bonds is 10. The van der Waals surface area contributed by atoms with Gasteiger partial charge in [-0.1, -0.05) is 55.4 Å². The fourth-order valence-corrected chi connectivity index (χ4v) is 3.61. The highest BCUT2D eigenvalue weighted by molar-refractivity contribution is 7.99. The minimum Gasteiger partial charge on any atom is -0.369 e. The van der Waals surface area contributed by atoms with Crippen LogP contribution in [0.25, 0.3) is 11.0 Å². The van der Waals surface area contributed by atoms with Crippen molar-refractivity contribution in [3.8, 4) is 0 Å². The smallest absolute Gasteiger partial charge is 0.224 e. The number of aromatic nitrogens is 4. The van der Waals surface area contributed by atoms with Gasteiger partial charge in [0.15, 0.2) is 10.8 Å². The summed E-state index contributed by atoms with van der Waals surface area (Å²) in [7, 11) is 0. The molecular formula is C21H28N6OS. The Kier molecular flexibility index (Phi) is 7.46. The average Bonchev–Trinajstić information content (AvgIpc) is 3.09. The molecule has 0 aliphatic carbocycles. The Balaban J connectivity index is 1.66. The molecule has 0 aliphatic rings. The Morgan fingerprint density at radius 3 is 2.83 bits per heavy atom. The molecule has 0 unspecified atom stereocenters. The number of carbonyl (C=O) groups excluding carboxylic acids is 1. The zero-order valence-corrected chi connectivity index (χ0v) is 18.1. The van der Waals surface area contributed by atoms with Gasteiger partial charge in [0.1, 0.15) is 5.82 Å². The molecule has 2 heterocycles. The number of nitrogens with zero attached hydrogens (tertiary/aromatic N) is 4. The monoisotopic (exact) mass is 412 g/mol. The summed E-state index contributed by atoms with van der Waals surface area (Å²) >= 11 is 1.61. The van der Waals surface area contributed by atoms with E-state index in [0.717, 1.165) is 51.9 Å². The van der Waals surface area contributed by atoms with Crippen LogP contribution in [0.4, 0.5) is 5.82 Å². The molecule has 1 aromatic carbocycles. The van der Waals surface area contributed by atoms with Crippen LogP contribution in [0.3, 0.4) is 0 Å². The number of amides is 1. The molecule has 0 atom stereocenters. The second-order valence-corrected chi connectivity index (χ2v) is 8.07. The van der Waals surface area contributed by atoms with Gasteiger partial charge in [0.05, 0.1) is 24.5 Å². The van der Waals surface area contributed by atoms with E-state index in [0.29, 0.717) is 19.5 Å². The molecular weight excluding hydrogens is 384 g/mol. The fourth-order valence-electron chi connectivity index (χ4n) is 3.04. The van der Waals surface area contributed by atoms with Crippen molar-refractivity contribution in [2.75, 3.05) is 24.2 Å². The van der Waals surface area contributed by atoms with E-state index >= 15 is 0 Å². The van der Waals surface area contributed by atoms with Gasteiger partial charge in [-0.3, -0.25) is 4.79 Å². The van der Waals surface area contributed by atoms with E-state index in [1.807, 2.05) is 35.9 Å². The number of nitrogens with one attached hydrogen (secondary N) is 2. The molecule has 2 N–H and O–H groups in total. The van der Waals surface area contributed by atoms with E-state index in [9.17, 15) is 4.79 Å². The molecule has 7 nitrogen and oxygen atoms in total. The van der Waals surface area contributed by atoms with Crippen molar-refractivity contribution in [2.24, 2.45) is 0 Å². The molecule has 0 aliphatic heterocycles. The highest BCUT2D eigenvalue weighted by atomic mass is 32.2. The maximum absolute atomic E-state index is 12.2. The van der Waals surface area contributed by atoms with Crippen LogP contribution in [-0.4, -0.2) is 44.5 Å². The molecule has 0 fully saturated rings. The quantitative estimate of drug-likeness (QED) is 0.392. The van der Waals surface area contributed by atoms with Gasteiger partial charge in [0.2, 0.25) is 5.91 Å². The van der Waals surface area contributed by atoms with Gasteiger partial charge >= 0.3 is 0 Å². The standard InChI is InChI=1S/C21H28N6OS/c1-4-9-23-19-17-14-24-27(20(17)26-21(25-19)29-5-2)11-10-22-18(28)13-16-8-6-7-15(3)12-16/h6-8,12,14H,4-5,9-11,13H2,1-3H3,(H,22,28)(H,23,25,26). The van der Waals surface area contributed by atoms with Crippen LogP contribution in [-0.2, 0) is 17.8 Å². The molecule has 0 saturated heterocycles. The first-order valence-corrected chi connectivity index (χ1v) is 11.0. The summed E-state index contributed by atoms with van der Waals surface area (Å²) in [6.45, 7) is 8.14.